The second kappa shape index (κ2) is 9.49. The number of carbonyl (C=O) groups is 1. The van der Waals surface area contributed by atoms with E-state index in [-0.39, 0.29) is 24.2 Å². The molecule has 3 heterocycles. The fourth-order valence-corrected chi connectivity index (χ4v) is 4.65. The van der Waals surface area contributed by atoms with Crippen LogP contribution >= 0.6 is 0 Å². The standard InChI is InChI=1S/C27H22N6O6/c1-15-23(26(34)29-19-8-3-4-9-20(19)37-2)24(16-10-11-21-22(13-16)39-14-38-21)32-27(28-15)30-25(31-32)17-6-5-7-18(12-17)33(35)36/h3-13,24H,14H2,1-2H3,(H,29,34)(H,28,30,31). The number of non-ortho nitro benzene ring substituents is 1. The summed E-state index contributed by atoms with van der Waals surface area (Å²) in [5.41, 5.74) is 2.57. The first-order valence-corrected chi connectivity index (χ1v) is 12.0. The second-order valence-corrected chi connectivity index (χ2v) is 8.84. The number of rotatable bonds is 6. The molecule has 1 unspecified atom stereocenters. The van der Waals surface area contributed by atoms with Gasteiger partial charge in [-0.15, -0.1) is 5.10 Å². The normalized spacial score (nSPS) is 15.4. The molecule has 3 aromatic carbocycles. The van der Waals surface area contributed by atoms with Crippen LogP contribution in [0, 0.1) is 10.1 Å². The fraction of sp³-hybridized carbons (Fsp3) is 0.148. The number of hydrogen-bond acceptors (Lipinski definition) is 9. The number of methoxy groups -OCH3 is 1. The molecule has 6 rings (SSSR count). The number of fused-ring (bicyclic) bond motifs is 2. The number of amides is 1. The van der Waals surface area contributed by atoms with Crippen LogP contribution in [-0.2, 0) is 4.79 Å². The Morgan fingerprint density at radius 1 is 1.13 bits per heavy atom. The summed E-state index contributed by atoms with van der Waals surface area (Å²) in [5, 5.41) is 22.1. The highest BCUT2D eigenvalue weighted by Crippen LogP contribution is 2.41. The third-order valence-electron chi connectivity index (χ3n) is 6.48. The minimum Gasteiger partial charge on any atom is -0.495 e. The van der Waals surface area contributed by atoms with Gasteiger partial charge in [0.05, 0.1) is 23.3 Å². The number of ether oxygens (including phenoxy) is 3. The Hall–Kier alpha value is -5.39. The topological polar surface area (TPSA) is 143 Å². The van der Waals surface area contributed by atoms with Crippen LogP contribution in [0.25, 0.3) is 11.4 Å². The molecule has 0 aliphatic carbocycles. The summed E-state index contributed by atoms with van der Waals surface area (Å²) < 4.78 is 18.1. The van der Waals surface area contributed by atoms with Crippen LogP contribution in [0.1, 0.15) is 18.5 Å². The summed E-state index contributed by atoms with van der Waals surface area (Å²) in [4.78, 5) is 29.3. The van der Waals surface area contributed by atoms with Gasteiger partial charge in [0.15, 0.2) is 17.3 Å². The van der Waals surface area contributed by atoms with Crippen molar-refractivity contribution in [2.45, 2.75) is 13.0 Å². The number of allylic oxidation sites excluding steroid dienone is 1. The van der Waals surface area contributed by atoms with E-state index in [0.29, 0.717) is 51.3 Å². The van der Waals surface area contributed by atoms with Gasteiger partial charge < -0.3 is 24.8 Å². The monoisotopic (exact) mass is 526 g/mol. The van der Waals surface area contributed by atoms with Crippen molar-refractivity contribution < 1.29 is 23.9 Å². The fourth-order valence-electron chi connectivity index (χ4n) is 4.65. The molecule has 1 aromatic heterocycles. The average molecular weight is 527 g/mol. The lowest BCUT2D eigenvalue weighted by Crippen LogP contribution is -2.31. The van der Waals surface area contributed by atoms with E-state index in [0.717, 1.165) is 0 Å². The Kier molecular flexibility index (Phi) is 5.83. The molecular formula is C27H22N6O6. The number of benzene rings is 3. The summed E-state index contributed by atoms with van der Waals surface area (Å²) in [6, 6.07) is 17.9. The van der Waals surface area contributed by atoms with Gasteiger partial charge in [0.2, 0.25) is 12.7 Å². The van der Waals surface area contributed by atoms with Crippen molar-refractivity contribution in [2.75, 3.05) is 24.5 Å². The number of nitrogens with zero attached hydrogens (tertiary/aromatic N) is 4. The van der Waals surface area contributed by atoms with Crippen molar-refractivity contribution in [1.82, 2.24) is 14.8 Å². The van der Waals surface area contributed by atoms with Crippen molar-refractivity contribution in [1.29, 1.82) is 0 Å². The molecule has 2 aliphatic rings. The number of nitro groups is 1. The van der Waals surface area contributed by atoms with E-state index in [2.05, 4.69) is 15.6 Å². The number of aromatic nitrogens is 3. The molecule has 0 radical (unpaired) electrons. The summed E-state index contributed by atoms with van der Waals surface area (Å²) in [6.07, 6.45) is 0. The van der Waals surface area contributed by atoms with E-state index in [1.165, 1.54) is 19.2 Å². The highest BCUT2D eigenvalue weighted by atomic mass is 16.7. The second-order valence-electron chi connectivity index (χ2n) is 8.84. The van der Waals surface area contributed by atoms with E-state index in [9.17, 15) is 14.9 Å². The molecule has 39 heavy (non-hydrogen) atoms. The molecule has 0 saturated carbocycles. The lowest BCUT2D eigenvalue weighted by atomic mass is 9.94. The van der Waals surface area contributed by atoms with Gasteiger partial charge >= 0.3 is 0 Å². The van der Waals surface area contributed by atoms with Crippen LogP contribution in [0.5, 0.6) is 17.2 Å². The van der Waals surface area contributed by atoms with Crippen molar-refractivity contribution in [3.8, 4) is 28.6 Å². The number of carbonyl (C=O) groups excluding carboxylic acids is 1. The summed E-state index contributed by atoms with van der Waals surface area (Å²) >= 11 is 0. The zero-order valence-corrected chi connectivity index (χ0v) is 20.9. The quantitative estimate of drug-likeness (QED) is 0.274. The largest absolute Gasteiger partial charge is 0.495 e. The van der Waals surface area contributed by atoms with E-state index in [4.69, 9.17) is 19.3 Å². The minimum absolute atomic E-state index is 0.0771. The number of nitro benzene ring substituents is 1. The van der Waals surface area contributed by atoms with Crippen LogP contribution in [0.3, 0.4) is 0 Å². The number of nitrogens with one attached hydrogen (secondary N) is 2. The van der Waals surface area contributed by atoms with Crippen LogP contribution in [0.15, 0.2) is 78.0 Å². The van der Waals surface area contributed by atoms with Gasteiger partial charge in [0.25, 0.3) is 11.6 Å². The highest BCUT2D eigenvalue weighted by molar-refractivity contribution is 6.06. The lowest BCUT2D eigenvalue weighted by molar-refractivity contribution is -0.384. The Morgan fingerprint density at radius 2 is 1.95 bits per heavy atom. The van der Waals surface area contributed by atoms with Gasteiger partial charge in [-0.3, -0.25) is 14.9 Å². The van der Waals surface area contributed by atoms with Crippen molar-refractivity contribution in [2.24, 2.45) is 0 Å². The Bertz CT molecular complexity index is 1660. The van der Waals surface area contributed by atoms with Crippen LogP contribution in [0.4, 0.5) is 17.3 Å². The number of anilines is 2. The van der Waals surface area contributed by atoms with Crippen molar-refractivity contribution in [3.63, 3.8) is 0 Å². The Labute approximate surface area is 222 Å². The minimum atomic E-state index is -0.703. The summed E-state index contributed by atoms with van der Waals surface area (Å²) in [6.45, 7) is 1.88. The maximum atomic E-state index is 13.8. The molecule has 4 aromatic rings. The molecule has 0 fully saturated rings. The first-order chi connectivity index (χ1) is 18.9. The molecule has 1 amide bonds. The lowest BCUT2D eigenvalue weighted by Gasteiger charge is -2.29. The summed E-state index contributed by atoms with van der Waals surface area (Å²) in [7, 11) is 1.53. The molecule has 2 aliphatic heterocycles. The Morgan fingerprint density at radius 3 is 2.77 bits per heavy atom. The molecule has 1 atom stereocenters. The smallest absolute Gasteiger partial charge is 0.270 e. The average Bonchev–Trinajstić information content (AvgIpc) is 3.59. The molecule has 0 saturated heterocycles. The third kappa shape index (κ3) is 4.27. The molecule has 0 bridgehead atoms. The zero-order chi connectivity index (χ0) is 27.1. The molecular weight excluding hydrogens is 504 g/mol. The first-order valence-electron chi connectivity index (χ1n) is 12.0. The SMILES string of the molecule is COc1ccccc1NC(=O)C1=C(C)Nc2nc(-c3cccc([N+](=O)[O-])c3)nn2C1c1ccc2c(c1)OCO2. The molecule has 12 heteroatoms. The maximum absolute atomic E-state index is 13.8. The highest BCUT2D eigenvalue weighted by Gasteiger charge is 2.35. The third-order valence-corrected chi connectivity index (χ3v) is 6.48. The van der Waals surface area contributed by atoms with Gasteiger partial charge in [-0.05, 0) is 36.8 Å². The van der Waals surface area contributed by atoms with Gasteiger partial charge in [-0.2, -0.15) is 4.98 Å². The number of para-hydroxylation sites is 2. The van der Waals surface area contributed by atoms with Crippen molar-refractivity contribution in [3.05, 3.63) is 93.7 Å². The van der Waals surface area contributed by atoms with Crippen LogP contribution < -0.4 is 24.8 Å². The van der Waals surface area contributed by atoms with Gasteiger partial charge in [0.1, 0.15) is 11.8 Å². The van der Waals surface area contributed by atoms with Gasteiger partial charge in [0, 0.05) is 23.4 Å². The number of hydrogen-bond donors (Lipinski definition) is 2. The van der Waals surface area contributed by atoms with E-state index >= 15 is 0 Å². The molecule has 0 spiro atoms. The first kappa shape index (κ1) is 24.0. The molecule has 2 N–H and O–H groups in total. The van der Waals surface area contributed by atoms with Gasteiger partial charge in [-0.1, -0.05) is 30.3 Å². The molecule has 196 valence electrons. The Balaban J connectivity index is 1.46. The summed E-state index contributed by atoms with van der Waals surface area (Å²) in [5.74, 6) is 1.95. The van der Waals surface area contributed by atoms with E-state index in [1.807, 2.05) is 12.1 Å². The van der Waals surface area contributed by atoms with Crippen LogP contribution in [0.2, 0.25) is 0 Å². The van der Waals surface area contributed by atoms with Gasteiger partial charge in [-0.25, -0.2) is 4.68 Å². The van der Waals surface area contributed by atoms with E-state index < -0.39 is 11.0 Å². The van der Waals surface area contributed by atoms with Crippen molar-refractivity contribution >= 4 is 23.2 Å². The predicted octanol–water partition coefficient (Wildman–Crippen LogP) is 4.52. The van der Waals surface area contributed by atoms with E-state index in [1.54, 1.807) is 54.1 Å². The molecule has 12 nitrogen and oxygen atoms in total. The zero-order valence-electron chi connectivity index (χ0n) is 20.9. The van der Waals surface area contributed by atoms with Crippen LogP contribution in [-0.4, -0.2) is 39.5 Å². The maximum Gasteiger partial charge on any atom is 0.270 e. The predicted molar refractivity (Wildman–Crippen MR) is 141 cm³/mol.